The van der Waals surface area contributed by atoms with E-state index in [0.29, 0.717) is 16.8 Å². The molecule has 0 N–H and O–H groups in total. The van der Waals surface area contributed by atoms with Crippen molar-refractivity contribution < 1.29 is 4.74 Å². The van der Waals surface area contributed by atoms with Gasteiger partial charge in [0, 0.05) is 11.2 Å². The highest BCUT2D eigenvalue weighted by Gasteiger charge is 2.26. The Labute approximate surface area is 113 Å². The van der Waals surface area contributed by atoms with Crippen molar-refractivity contribution in [3.63, 3.8) is 0 Å². The Kier molecular flexibility index (Phi) is 4.13. The number of halogens is 1. The molecular weight excluding hydrogens is 276 g/mol. The summed E-state index contributed by atoms with van der Waals surface area (Å²) in [6, 6.07) is 6.50. The highest BCUT2D eigenvalue weighted by Crippen LogP contribution is 2.33. The van der Waals surface area contributed by atoms with Crippen LogP contribution in [-0.2, 0) is 6.42 Å². The van der Waals surface area contributed by atoms with Crippen molar-refractivity contribution in [2.45, 2.75) is 51.0 Å². The second-order valence-corrected chi connectivity index (χ2v) is 6.58. The van der Waals surface area contributed by atoms with Crippen LogP contribution in [0.5, 0.6) is 5.75 Å². The summed E-state index contributed by atoms with van der Waals surface area (Å²) in [6.07, 6.45) is 3.81. The van der Waals surface area contributed by atoms with Crippen LogP contribution < -0.4 is 4.74 Å². The van der Waals surface area contributed by atoms with Crippen molar-refractivity contribution in [2.24, 2.45) is 5.92 Å². The minimum Gasteiger partial charge on any atom is -0.490 e. The third-order valence-electron chi connectivity index (χ3n) is 3.70. The van der Waals surface area contributed by atoms with E-state index in [0.717, 1.165) is 18.6 Å². The Hall–Kier alpha value is -0.500. The quantitative estimate of drug-likeness (QED) is 0.744. The normalized spacial score (nSPS) is 21.8. The summed E-state index contributed by atoms with van der Waals surface area (Å²) in [5.74, 6) is 1.80. The molecule has 2 heteroatoms. The Morgan fingerprint density at radius 2 is 2.24 bits per heavy atom. The molecule has 3 unspecified atom stereocenters. The van der Waals surface area contributed by atoms with Crippen LogP contribution in [0.3, 0.4) is 0 Å². The number of alkyl halides is 1. The fourth-order valence-electron chi connectivity index (χ4n) is 2.60. The molecule has 1 heterocycles. The summed E-state index contributed by atoms with van der Waals surface area (Å²) >= 11 is 3.70. The lowest BCUT2D eigenvalue weighted by Crippen LogP contribution is -2.22. The van der Waals surface area contributed by atoms with Gasteiger partial charge < -0.3 is 4.74 Å². The van der Waals surface area contributed by atoms with E-state index in [-0.39, 0.29) is 0 Å². The number of ether oxygens (including phenoxy) is 1. The van der Waals surface area contributed by atoms with Crippen molar-refractivity contribution >= 4 is 15.9 Å². The van der Waals surface area contributed by atoms with Gasteiger partial charge in [-0.25, -0.2) is 0 Å². The molecule has 0 spiro atoms. The first-order chi connectivity index (χ1) is 8.10. The monoisotopic (exact) mass is 296 g/mol. The zero-order valence-corrected chi connectivity index (χ0v) is 12.5. The molecule has 1 aliphatic heterocycles. The fourth-order valence-corrected chi connectivity index (χ4v) is 3.19. The van der Waals surface area contributed by atoms with Gasteiger partial charge in [-0.15, -0.1) is 0 Å². The predicted molar refractivity (Wildman–Crippen MR) is 76.1 cm³/mol. The number of fused-ring (bicyclic) bond motifs is 1. The fraction of sp³-hybridized carbons (Fsp3) is 0.600. The molecule has 0 aromatic heterocycles. The average Bonchev–Trinajstić information content (AvgIpc) is 2.66. The molecule has 1 nitrogen and oxygen atoms in total. The van der Waals surface area contributed by atoms with Crippen LogP contribution >= 0.6 is 15.9 Å². The van der Waals surface area contributed by atoms with Gasteiger partial charge in [-0.3, -0.25) is 0 Å². The maximum Gasteiger partial charge on any atom is 0.123 e. The number of hydrogen-bond donors (Lipinski definition) is 0. The number of hydrogen-bond acceptors (Lipinski definition) is 1. The van der Waals surface area contributed by atoms with Crippen LogP contribution in [-0.4, -0.2) is 10.9 Å². The van der Waals surface area contributed by atoms with E-state index in [4.69, 9.17) is 4.74 Å². The van der Waals surface area contributed by atoms with E-state index in [2.05, 4.69) is 54.9 Å². The molecule has 0 aliphatic carbocycles. The molecule has 1 aromatic rings. The van der Waals surface area contributed by atoms with E-state index in [1.54, 1.807) is 0 Å². The summed E-state index contributed by atoms with van der Waals surface area (Å²) in [5, 5.41) is 0. The van der Waals surface area contributed by atoms with Crippen LogP contribution in [0, 0.1) is 12.8 Å². The van der Waals surface area contributed by atoms with E-state index >= 15 is 0 Å². The van der Waals surface area contributed by atoms with Gasteiger partial charge in [-0.05, 0) is 30.9 Å². The minimum atomic E-state index is 0.372. The first-order valence-corrected chi connectivity index (χ1v) is 7.42. The van der Waals surface area contributed by atoms with Gasteiger partial charge in [0.1, 0.15) is 11.9 Å². The Morgan fingerprint density at radius 1 is 1.47 bits per heavy atom. The van der Waals surface area contributed by atoms with Gasteiger partial charge in [0.2, 0.25) is 0 Å². The molecule has 94 valence electrons. The lowest BCUT2D eigenvalue weighted by atomic mass is 9.94. The SMILES string of the molecule is CCC(CC1Cc2cc(C)ccc2O1)C(C)Br. The molecule has 0 radical (unpaired) electrons. The van der Waals surface area contributed by atoms with E-state index < -0.39 is 0 Å². The largest absolute Gasteiger partial charge is 0.490 e. The summed E-state index contributed by atoms with van der Waals surface area (Å²) in [4.78, 5) is 0.571. The molecule has 0 bridgehead atoms. The molecule has 0 saturated heterocycles. The smallest absolute Gasteiger partial charge is 0.123 e. The highest BCUT2D eigenvalue weighted by molar-refractivity contribution is 9.09. The van der Waals surface area contributed by atoms with Crippen LogP contribution in [0.1, 0.15) is 37.8 Å². The second kappa shape index (κ2) is 5.43. The van der Waals surface area contributed by atoms with Gasteiger partial charge in [-0.1, -0.05) is 53.9 Å². The Bertz CT molecular complexity index is 387. The molecule has 0 amide bonds. The standard InChI is InChI=1S/C15H21BrO/c1-4-12(11(3)16)8-14-9-13-7-10(2)5-6-15(13)17-14/h5-7,11-12,14H,4,8-9H2,1-3H3. The van der Waals surface area contributed by atoms with Crippen molar-refractivity contribution in [3.8, 4) is 5.75 Å². The van der Waals surface area contributed by atoms with Gasteiger partial charge in [0.15, 0.2) is 0 Å². The molecule has 0 saturated carbocycles. The molecule has 17 heavy (non-hydrogen) atoms. The summed E-state index contributed by atoms with van der Waals surface area (Å²) in [5.41, 5.74) is 2.71. The maximum atomic E-state index is 6.02. The van der Waals surface area contributed by atoms with Gasteiger partial charge in [0.25, 0.3) is 0 Å². The lowest BCUT2D eigenvalue weighted by Gasteiger charge is -2.21. The first kappa shape index (κ1) is 12.9. The van der Waals surface area contributed by atoms with Crippen molar-refractivity contribution in [3.05, 3.63) is 29.3 Å². The number of benzene rings is 1. The van der Waals surface area contributed by atoms with Gasteiger partial charge in [-0.2, -0.15) is 0 Å². The zero-order valence-electron chi connectivity index (χ0n) is 10.9. The summed E-state index contributed by atoms with van der Waals surface area (Å²) in [7, 11) is 0. The van der Waals surface area contributed by atoms with Crippen molar-refractivity contribution in [1.82, 2.24) is 0 Å². The molecule has 1 aromatic carbocycles. The Balaban J connectivity index is 2.00. The second-order valence-electron chi connectivity index (χ2n) is 5.14. The third kappa shape index (κ3) is 3.04. The van der Waals surface area contributed by atoms with Crippen LogP contribution in [0.25, 0.3) is 0 Å². The summed E-state index contributed by atoms with van der Waals surface area (Å²) < 4.78 is 6.02. The van der Waals surface area contributed by atoms with E-state index in [1.807, 2.05) is 0 Å². The molecule has 3 atom stereocenters. The van der Waals surface area contributed by atoms with E-state index in [9.17, 15) is 0 Å². The first-order valence-electron chi connectivity index (χ1n) is 6.50. The van der Waals surface area contributed by atoms with Crippen molar-refractivity contribution in [2.75, 3.05) is 0 Å². The Morgan fingerprint density at radius 3 is 2.88 bits per heavy atom. The number of rotatable bonds is 4. The molecular formula is C15H21BrO. The average molecular weight is 297 g/mol. The third-order valence-corrected chi connectivity index (χ3v) is 4.44. The summed E-state index contributed by atoms with van der Waals surface area (Å²) in [6.45, 7) is 6.64. The maximum absolute atomic E-state index is 6.02. The minimum absolute atomic E-state index is 0.372. The predicted octanol–water partition coefficient (Wildman–Crippen LogP) is 4.50. The van der Waals surface area contributed by atoms with Gasteiger partial charge in [0.05, 0.1) is 0 Å². The number of aryl methyl sites for hydroxylation is 1. The molecule has 1 aliphatic rings. The topological polar surface area (TPSA) is 9.23 Å². The molecule has 0 fully saturated rings. The lowest BCUT2D eigenvalue weighted by molar-refractivity contribution is 0.192. The van der Waals surface area contributed by atoms with Gasteiger partial charge >= 0.3 is 0 Å². The zero-order chi connectivity index (χ0) is 12.4. The van der Waals surface area contributed by atoms with E-state index in [1.165, 1.54) is 17.5 Å². The van der Waals surface area contributed by atoms with Crippen LogP contribution in [0.15, 0.2) is 18.2 Å². The highest BCUT2D eigenvalue weighted by atomic mass is 79.9. The van der Waals surface area contributed by atoms with Crippen LogP contribution in [0.2, 0.25) is 0 Å². The van der Waals surface area contributed by atoms with Crippen molar-refractivity contribution in [1.29, 1.82) is 0 Å². The van der Waals surface area contributed by atoms with Crippen LogP contribution in [0.4, 0.5) is 0 Å². The molecule has 2 rings (SSSR count).